The Morgan fingerprint density at radius 2 is 1.84 bits per heavy atom. The van der Waals surface area contributed by atoms with Crippen LogP contribution in [-0.2, 0) is 25.6 Å². The lowest BCUT2D eigenvalue weighted by atomic mass is 9.59. The van der Waals surface area contributed by atoms with E-state index in [0.717, 1.165) is 0 Å². The average Bonchev–Trinajstić information content (AvgIpc) is 2.80. The first-order valence-electron chi connectivity index (χ1n) is 12.2. The van der Waals surface area contributed by atoms with Crippen LogP contribution in [0.15, 0.2) is 29.0 Å². The number of phenols is 1. The van der Waals surface area contributed by atoms with E-state index >= 15 is 0 Å². The molecule has 202 valence electrons. The summed E-state index contributed by atoms with van der Waals surface area (Å²) in [7, 11) is 3.53. The number of hydrogen-bond donors (Lipinski definition) is 6. The first-order chi connectivity index (χ1) is 17.7. The number of ketones is 2. The maximum absolute atomic E-state index is 13.7. The summed E-state index contributed by atoms with van der Waals surface area (Å²) in [5.41, 5.74) is 2.88. The lowest BCUT2D eigenvalue weighted by Crippen LogP contribution is -2.58. The van der Waals surface area contributed by atoms with Crippen LogP contribution < -0.4 is 16.0 Å². The molecule has 0 bridgehead atoms. The average molecular weight is 526 g/mol. The minimum atomic E-state index is -2.62. The fraction of sp³-hybridized carbons (Fsp3) is 0.407. The normalized spacial score (nSPS) is 24.9. The van der Waals surface area contributed by atoms with Gasteiger partial charge in [0.05, 0.1) is 5.56 Å². The van der Waals surface area contributed by atoms with Crippen LogP contribution in [0.2, 0.25) is 0 Å². The van der Waals surface area contributed by atoms with Crippen LogP contribution in [0.25, 0.3) is 11.8 Å². The Labute approximate surface area is 218 Å². The lowest BCUT2D eigenvalue weighted by Gasteiger charge is -2.46. The van der Waals surface area contributed by atoms with Gasteiger partial charge in [-0.2, -0.15) is 0 Å². The van der Waals surface area contributed by atoms with E-state index in [-0.39, 0.29) is 53.7 Å². The molecule has 1 fully saturated rings. The third kappa shape index (κ3) is 4.03. The van der Waals surface area contributed by atoms with Crippen molar-refractivity contribution in [2.45, 2.75) is 44.8 Å². The number of carbonyl (C=O) groups is 4. The van der Waals surface area contributed by atoms with Gasteiger partial charge < -0.3 is 36.4 Å². The molecule has 0 unspecified atom stereocenters. The topological polar surface area (TPSA) is 190 Å². The quantitative estimate of drug-likeness (QED) is 0.241. The first-order valence-corrected chi connectivity index (χ1v) is 12.2. The van der Waals surface area contributed by atoms with Gasteiger partial charge in [-0.15, -0.1) is 0 Å². The molecule has 0 aliphatic heterocycles. The molecule has 4 rings (SSSR count). The standard InChI is InChI=1S/C27H31N3O8/c1-11(2)29-18(32)6-5-12-9-16(30(3)4)15-8-13-7-14-10-17(31)21(26(28)37)25(36)27(14,38)24(35)19(13)23(34)20(15)22(12)33/h5-6,9,11,13-14,33-34,36,38H,7-8,10H2,1-4H3,(H2,28,37)(H,29,32)/b6-5+/t13-,14+,27+/m1/s1. The van der Waals surface area contributed by atoms with Crippen molar-refractivity contribution in [2.75, 3.05) is 19.0 Å². The summed E-state index contributed by atoms with van der Waals surface area (Å²) in [6.45, 7) is 3.60. The summed E-state index contributed by atoms with van der Waals surface area (Å²) in [5.74, 6) is -7.23. The molecule has 0 aromatic heterocycles. The highest BCUT2D eigenvalue weighted by Crippen LogP contribution is 2.53. The summed E-state index contributed by atoms with van der Waals surface area (Å²) in [5, 5.41) is 47.3. The molecule has 0 radical (unpaired) electrons. The zero-order valence-corrected chi connectivity index (χ0v) is 21.5. The van der Waals surface area contributed by atoms with Crippen molar-refractivity contribution in [3.8, 4) is 5.75 Å². The van der Waals surface area contributed by atoms with Crippen LogP contribution in [0.4, 0.5) is 5.69 Å². The molecule has 0 saturated heterocycles. The summed E-state index contributed by atoms with van der Waals surface area (Å²) in [6.07, 6.45) is 2.48. The van der Waals surface area contributed by atoms with E-state index in [4.69, 9.17) is 5.73 Å². The SMILES string of the molecule is CC(C)NC(=O)/C=C/c1cc(N(C)C)c2c(c1O)C(O)=C1C(=O)[C@]3(O)C(O)=C(C(N)=O)C(=O)C[C@@H]3C[C@@H]1C2. The number of carbonyl (C=O) groups excluding carboxylic acids is 4. The minimum Gasteiger partial charge on any atom is -0.508 e. The van der Waals surface area contributed by atoms with E-state index in [0.29, 0.717) is 11.3 Å². The Bertz CT molecular complexity index is 1370. The van der Waals surface area contributed by atoms with Gasteiger partial charge in [0.15, 0.2) is 11.4 Å². The van der Waals surface area contributed by atoms with Crippen molar-refractivity contribution in [1.82, 2.24) is 5.32 Å². The number of fused-ring (bicyclic) bond motifs is 3. The van der Waals surface area contributed by atoms with Crippen molar-refractivity contribution in [2.24, 2.45) is 17.6 Å². The fourth-order valence-electron chi connectivity index (χ4n) is 5.71. The number of rotatable bonds is 5. The van der Waals surface area contributed by atoms with E-state index in [9.17, 15) is 39.6 Å². The Hall–Kier alpha value is -4.12. The van der Waals surface area contributed by atoms with E-state index in [2.05, 4.69) is 5.32 Å². The highest BCUT2D eigenvalue weighted by molar-refractivity contribution is 6.22. The Morgan fingerprint density at radius 3 is 2.42 bits per heavy atom. The molecule has 1 aromatic carbocycles. The molecule has 3 atom stereocenters. The molecule has 1 saturated carbocycles. The maximum atomic E-state index is 13.7. The van der Waals surface area contributed by atoms with Crippen LogP contribution in [0.1, 0.15) is 43.4 Å². The van der Waals surface area contributed by atoms with Crippen molar-refractivity contribution in [1.29, 1.82) is 0 Å². The molecule has 1 aromatic rings. The van der Waals surface area contributed by atoms with Crippen molar-refractivity contribution in [3.05, 3.63) is 45.7 Å². The first kappa shape index (κ1) is 26.9. The van der Waals surface area contributed by atoms with Gasteiger partial charge in [-0.3, -0.25) is 19.2 Å². The fourth-order valence-corrected chi connectivity index (χ4v) is 5.71. The zero-order chi connectivity index (χ0) is 28.3. The number of benzene rings is 1. The predicted octanol–water partition coefficient (Wildman–Crippen LogP) is 1.03. The van der Waals surface area contributed by atoms with Crippen molar-refractivity contribution < 1.29 is 39.6 Å². The van der Waals surface area contributed by atoms with Gasteiger partial charge in [0.1, 0.15) is 22.8 Å². The van der Waals surface area contributed by atoms with E-state index in [1.807, 2.05) is 0 Å². The van der Waals surface area contributed by atoms with E-state index < -0.39 is 52.0 Å². The molecule has 11 heteroatoms. The number of phenolic OH excluding ortho intramolecular Hbond substituents is 1. The summed E-state index contributed by atoms with van der Waals surface area (Å²) in [6, 6.07) is 1.56. The molecular weight excluding hydrogens is 494 g/mol. The third-order valence-corrected chi connectivity index (χ3v) is 7.40. The molecule has 11 nitrogen and oxygen atoms in total. The van der Waals surface area contributed by atoms with Gasteiger partial charge in [0, 0.05) is 55.4 Å². The maximum Gasteiger partial charge on any atom is 0.255 e. The number of aliphatic hydroxyl groups is 3. The molecule has 2 amide bonds. The summed E-state index contributed by atoms with van der Waals surface area (Å²) >= 11 is 0. The van der Waals surface area contributed by atoms with Crippen molar-refractivity contribution >= 4 is 40.9 Å². The molecular formula is C27H31N3O8. The Morgan fingerprint density at radius 1 is 1.18 bits per heavy atom. The highest BCUT2D eigenvalue weighted by atomic mass is 16.3. The van der Waals surface area contributed by atoms with Crippen LogP contribution in [0.5, 0.6) is 5.75 Å². The van der Waals surface area contributed by atoms with Crippen LogP contribution in [-0.4, -0.2) is 69.5 Å². The second-order valence-corrected chi connectivity index (χ2v) is 10.5. The van der Waals surface area contributed by atoms with Gasteiger partial charge >= 0.3 is 0 Å². The van der Waals surface area contributed by atoms with Crippen LogP contribution >= 0.6 is 0 Å². The predicted molar refractivity (Wildman–Crippen MR) is 138 cm³/mol. The van der Waals surface area contributed by atoms with E-state index in [1.54, 1.807) is 38.9 Å². The molecule has 7 N–H and O–H groups in total. The second-order valence-electron chi connectivity index (χ2n) is 10.5. The minimum absolute atomic E-state index is 0.0350. The van der Waals surface area contributed by atoms with Gasteiger partial charge in [-0.05, 0) is 50.3 Å². The molecule has 3 aliphatic carbocycles. The number of anilines is 1. The van der Waals surface area contributed by atoms with Gasteiger partial charge in [-0.1, -0.05) is 0 Å². The lowest BCUT2D eigenvalue weighted by molar-refractivity contribution is -0.147. The van der Waals surface area contributed by atoms with Gasteiger partial charge in [0.2, 0.25) is 11.7 Å². The summed E-state index contributed by atoms with van der Waals surface area (Å²) < 4.78 is 0. The Balaban J connectivity index is 1.90. The number of primary amides is 1. The number of aromatic hydroxyl groups is 1. The van der Waals surface area contributed by atoms with Crippen LogP contribution in [0.3, 0.4) is 0 Å². The largest absolute Gasteiger partial charge is 0.508 e. The monoisotopic (exact) mass is 525 g/mol. The molecule has 38 heavy (non-hydrogen) atoms. The molecule has 3 aliphatic rings. The molecule has 0 heterocycles. The number of nitrogens with two attached hydrogens (primary N) is 1. The Kier molecular flexibility index (Phi) is 6.60. The molecule has 0 spiro atoms. The zero-order valence-electron chi connectivity index (χ0n) is 21.5. The number of nitrogens with one attached hydrogen (secondary N) is 1. The summed E-state index contributed by atoms with van der Waals surface area (Å²) in [4.78, 5) is 51.8. The van der Waals surface area contributed by atoms with Crippen LogP contribution in [0, 0.1) is 11.8 Å². The number of Topliss-reactive ketones (excluding diaryl/α,β-unsaturated/α-hetero) is 2. The highest BCUT2D eigenvalue weighted by Gasteiger charge is 2.60. The number of hydrogen-bond acceptors (Lipinski definition) is 9. The van der Waals surface area contributed by atoms with Crippen molar-refractivity contribution in [3.63, 3.8) is 0 Å². The van der Waals surface area contributed by atoms with E-state index in [1.165, 1.54) is 12.2 Å². The number of aliphatic hydroxyl groups excluding tert-OH is 2. The third-order valence-electron chi connectivity index (χ3n) is 7.40. The number of amides is 2. The second kappa shape index (κ2) is 9.32. The van der Waals surface area contributed by atoms with Gasteiger partial charge in [0.25, 0.3) is 5.91 Å². The smallest absolute Gasteiger partial charge is 0.255 e. The van der Waals surface area contributed by atoms with Gasteiger partial charge in [-0.25, -0.2) is 0 Å². The number of nitrogens with zero attached hydrogens (tertiary/aromatic N) is 1.